The molecule has 1 aliphatic rings. The molecule has 1 heterocycles. The molecule has 2 rings (SSSR count). The summed E-state index contributed by atoms with van der Waals surface area (Å²) >= 11 is 4.24. The van der Waals surface area contributed by atoms with Gasteiger partial charge in [0.15, 0.2) is 6.61 Å². The van der Waals surface area contributed by atoms with E-state index in [0.717, 1.165) is 16.2 Å². The van der Waals surface area contributed by atoms with Gasteiger partial charge in [0, 0.05) is 16.6 Å². The Morgan fingerprint density at radius 3 is 2.71 bits per heavy atom. The fourth-order valence-electron chi connectivity index (χ4n) is 2.02. The lowest BCUT2D eigenvalue weighted by Gasteiger charge is -2.10. The quantitative estimate of drug-likeness (QED) is 0.525. The lowest BCUT2D eigenvalue weighted by molar-refractivity contribution is -0.145. The van der Waals surface area contributed by atoms with Gasteiger partial charge in [0.25, 0.3) is 11.1 Å². The summed E-state index contributed by atoms with van der Waals surface area (Å²) in [6.07, 6.45) is 1.59. The molecule has 2 amide bonds. The summed E-state index contributed by atoms with van der Waals surface area (Å²) < 4.78 is 11.1. The molecule has 1 aromatic rings. The first-order valence-electron chi connectivity index (χ1n) is 7.29. The van der Waals surface area contributed by atoms with Gasteiger partial charge < -0.3 is 9.47 Å². The van der Waals surface area contributed by atoms with Crippen LogP contribution in [0.1, 0.15) is 19.4 Å². The lowest BCUT2D eigenvalue weighted by atomic mass is 10.2. The zero-order chi connectivity index (χ0) is 17.7. The number of amides is 2. The van der Waals surface area contributed by atoms with Crippen molar-refractivity contribution in [1.29, 1.82) is 0 Å². The molecule has 1 fully saturated rings. The Kier molecular flexibility index (Phi) is 6.44. The van der Waals surface area contributed by atoms with Crippen molar-refractivity contribution in [2.24, 2.45) is 0 Å². The Bertz CT molecular complexity index is 704. The normalized spacial score (nSPS) is 16.0. The highest BCUT2D eigenvalue weighted by Gasteiger charge is 2.33. The maximum Gasteiger partial charge on any atom is 0.344 e. The summed E-state index contributed by atoms with van der Waals surface area (Å²) in [4.78, 5) is 36.9. The smallest absolute Gasteiger partial charge is 0.344 e. The molecule has 1 aromatic carbocycles. The molecule has 0 spiro atoms. The number of nitrogens with zero attached hydrogens (tertiary/aromatic N) is 1. The Labute approximate surface area is 152 Å². The predicted octanol–water partition coefficient (Wildman–Crippen LogP) is 3.45. The SMILES string of the molecule is CCOC(=O)COc1ccc(Br)cc1/C=C1\SC(=O)N(CC)C1=O. The number of esters is 1. The molecule has 0 atom stereocenters. The van der Waals surface area contributed by atoms with Crippen LogP contribution in [-0.2, 0) is 14.3 Å². The molecule has 1 aliphatic heterocycles. The second-order valence-electron chi connectivity index (χ2n) is 4.70. The highest BCUT2D eigenvalue weighted by atomic mass is 79.9. The number of hydrogen-bond acceptors (Lipinski definition) is 6. The van der Waals surface area contributed by atoms with Crippen molar-refractivity contribution in [3.05, 3.63) is 33.1 Å². The third-order valence-corrected chi connectivity index (χ3v) is 4.50. The van der Waals surface area contributed by atoms with Gasteiger partial charge >= 0.3 is 5.97 Å². The van der Waals surface area contributed by atoms with Crippen LogP contribution in [0.4, 0.5) is 4.79 Å². The first-order chi connectivity index (χ1) is 11.5. The molecule has 6 nitrogen and oxygen atoms in total. The zero-order valence-corrected chi connectivity index (χ0v) is 15.6. The minimum atomic E-state index is -0.474. The van der Waals surface area contributed by atoms with Gasteiger partial charge in [-0.25, -0.2) is 4.79 Å². The monoisotopic (exact) mass is 413 g/mol. The number of thioether (sulfide) groups is 1. The van der Waals surface area contributed by atoms with E-state index in [1.54, 1.807) is 38.1 Å². The number of carbonyl (C=O) groups is 3. The third-order valence-electron chi connectivity index (χ3n) is 3.10. The van der Waals surface area contributed by atoms with Crippen molar-refractivity contribution in [3.63, 3.8) is 0 Å². The average Bonchev–Trinajstić information content (AvgIpc) is 2.80. The van der Waals surface area contributed by atoms with E-state index in [2.05, 4.69) is 15.9 Å². The molecule has 0 aliphatic carbocycles. The van der Waals surface area contributed by atoms with Crippen LogP contribution in [0.25, 0.3) is 6.08 Å². The summed E-state index contributed by atoms with van der Waals surface area (Å²) in [6.45, 7) is 3.83. The topological polar surface area (TPSA) is 72.9 Å². The maximum absolute atomic E-state index is 12.2. The average molecular weight is 414 g/mol. The minimum Gasteiger partial charge on any atom is -0.481 e. The number of benzene rings is 1. The molecule has 24 heavy (non-hydrogen) atoms. The second-order valence-corrected chi connectivity index (χ2v) is 6.61. The number of carbonyl (C=O) groups excluding carboxylic acids is 3. The molecule has 0 N–H and O–H groups in total. The summed E-state index contributed by atoms with van der Waals surface area (Å²) in [5.41, 5.74) is 0.593. The van der Waals surface area contributed by atoms with E-state index in [1.165, 1.54) is 4.90 Å². The van der Waals surface area contributed by atoms with Crippen molar-refractivity contribution >= 4 is 50.9 Å². The van der Waals surface area contributed by atoms with Gasteiger partial charge in [0.05, 0.1) is 11.5 Å². The van der Waals surface area contributed by atoms with Gasteiger partial charge in [-0.1, -0.05) is 15.9 Å². The molecular formula is C16H16BrNO5S. The van der Waals surface area contributed by atoms with Crippen molar-refractivity contribution in [2.45, 2.75) is 13.8 Å². The highest BCUT2D eigenvalue weighted by molar-refractivity contribution is 9.10. The Morgan fingerprint density at radius 2 is 2.08 bits per heavy atom. The van der Waals surface area contributed by atoms with Crippen LogP contribution in [0, 0.1) is 0 Å². The van der Waals surface area contributed by atoms with Gasteiger partial charge in [-0.2, -0.15) is 0 Å². The number of likely N-dealkylation sites (N-methyl/N-ethyl adjacent to an activating group) is 1. The van der Waals surface area contributed by atoms with E-state index in [-0.39, 0.29) is 24.4 Å². The molecular weight excluding hydrogens is 398 g/mol. The molecule has 0 bridgehead atoms. The molecule has 0 unspecified atom stereocenters. The molecule has 0 aromatic heterocycles. The van der Waals surface area contributed by atoms with Gasteiger partial charge in [-0.15, -0.1) is 0 Å². The van der Waals surface area contributed by atoms with Crippen LogP contribution in [0.5, 0.6) is 5.75 Å². The molecule has 8 heteroatoms. The standard InChI is InChI=1S/C16H16BrNO5S/c1-3-18-15(20)13(24-16(18)21)8-10-7-11(17)5-6-12(10)23-9-14(19)22-4-2/h5-8H,3-4,9H2,1-2H3/b13-8-. The van der Waals surface area contributed by atoms with Gasteiger partial charge in [0.1, 0.15) is 5.75 Å². The fourth-order valence-corrected chi connectivity index (χ4v) is 3.29. The summed E-state index contributed by atoms with van der Waals surface area (Å²) in [5.74, 6) is -0.379. The maximum atomic E-state index is 12.2. The Hall–Kier alpha value is -1.80. The van der Waals surface area contributed by atoms with Crippen LogP contribution in [-0.4, -0.2) is 41.8 Å². The molecule has 0 saturated carbocycles. The molecule has 1 saturated heterocycles. The van der Waals surface area contributed by atoms with Crippen LogP contribution >= 0.6 is 27.7 Å². The summed E-state index contributed by atoms with van der Waals surface area (Å²) in [5, 5.41) is -0.294. The van der Waals surface area contributed by atoms with Gasteiger partial charge in [0.2, 0.25) is 0 Å². The Balaban J connectivity index is 2.25. The predicted molar refractivity (Wildman–Crippen MR) is 94.6 cm³/mol. The molecule has 128 valence electrons. The van der Waals surface area contributed by atoms with E-state index in [9.17, 15) is 14.4 Å². The largest absolute Gasteiger partial charge is 0.481 e. The Morgan fingerprint density at radius 1 is 1.33 bits per heavy atom. The van der Waals surface area contributed by atoms with Crippen LogP contribution < -0.4 is 4.74 Å². The number of halogens is 1. The van der Waals surface area contributed by atoms with Crippen molar-refractivity contribution in [3.8, 4) is 5.75 Å². The van der Waals surface area contributed by atoms with Crippen molar-refractivity contribution in [2.75, 3.05) is 19.8 Å². The van der Waals surface area contributed by atoms with Crippen molar-refractivity contribution < 1.29 is 23.9 Å². The summed E-state index contributed by atoms with van der Waals surface area (Å²) in [6, 6.07) is 5.19. The number of hydrogen-bond donors (Lipinski definition) is 0. The van der Waals surface area contributed by atoms with E-state index in [0.29, 0.717) is 22.8 Å². The number of imide groups is 1. The second kappa shape index (κ2) is 8.34. The van der Waals surface area contributed by atoms with E-state index in [4.69, 9.17) is 9.47 Å². The number of ether oxygens (including phenoxy) is 2. The lowest BCUT2D eigenvalue weighted by Crippen LogP contribution is -2.27. The van der Waals surface area contributed by atoms with Crippen LogP contribution in [0.15, 0.2) is 27.6 Å². The van der Waals surface area contributed by atoms with E-state index in [1.807, 2.05) is 0 Å². The van der Waals surface area contributed by atoms with E-state index >= 15 is 0 Å². The van der Waals surface area contributed by atoms with E-state index < -0.39 is 5.97 Å². The molecule has 0 radical (unpaired) electrons. The van der Waals surface area contributed by atoms with Crippen LogP contribution in [0.2, 0.25) is 0 Å². The fraction of sp³-hybridized carbons (Fsp3) is 0.312. The van der Waals surface area contributed by atoms with Crippen molar-refractivity contribution in [1.82, 2.24) is 4.90 Å². The van der Waals surface area contributed by atoms with Crippen LogP contribution in [0.3, 0.4) is 0 Å². The summed E-state index contributed by atoms with van der Waals surface area (Å²) in [7, 11) is 0. The first-order valence-corrected chi connectivity index (χ1v) is 8.90. The minimum absolute atomic E-state index is 0.229. The zero-order valence-electron chi connectivity index (χ0n) is 13.2. The number of rotatable bonds is 6. The first kappa shape index (κ1) is 18.5. The third kappa shape index (κ3) is 4.39. The highest BCUT2D eigenvalue weighted by Crippen LogP contribution is 2.34. The van der Waals surface area contributed by atoms with Gasteiger partial charge in [-0.05, 0) is 49.9 Å². The van der Waals surface area contributed by atoms with Gasteiger partial charge in [-0.3, -0.25) is 14.5 Å².